The zero-order chi connectivity index (χ0) is 28.9. The average Bonchev–Trinajstić information content (AvgIpc) is 3.52. The fraction of sp³-hybridized carbons (Fsp3) is 0.700. The van der Waals surface area contributed by atoms with Crippen molar-refractivity contribution in [1.29, 1.82) is 0 Å². The van der Waals surface area contributed by atoms with Crippen LogP contribution in [0.3, 0.4) is 0 Å². The van der Waals surface area contributed by atoms with E-state index in [1.54, 1.807) is 9.80 Å². The molecule has 2 N–H and O–H groups in total. The molecule has 222 valence electrons. The summed E-state index contributed by atoms with van der Waals surface area (Å²) in [6.45, 7) is 5.74. The number of nitrogens with zero attached hydrogens (tertiary/aromatic N) is 2. The van der Waals surface area contributed by atoms with Crippen molar-refractivity contribution in [2.45, 2.75) is 102 Å². The smallest absolute Gasteiger partial charge is 0.410 e. The van der Waals surface area contributed by atoms with Gasteiger partial charge in [-0.15, -0.1) is 0 Å². The quantitative estimate of drug-likeness (QED) is 0.480. The molecule has 0 aromatic heterocycles. The van der Waals surface area contributed by atoms with Crippen LogP contribution in [0, 0.1) is 5.92 Å². The summed E-state index contributed by atoms with van der Waals surface area (Å²) in [6, 6.07) is 7.41. The summed E-state index contributed by atoms with van der Waals surface area (Å²) < 4.78 is 25.6. The Bertz CT molecular complexity index is 1010. The fourth-order valence-corrected chi connectivity index (χ4v) is 6.30. The second-order valence-corrected chi connectivity index (χ2v) is 12.2. The lowest BCUT2D eigenvalue weighted by molar-refractivity contribution is -0.141. The number of likely N-dealkylation sites (tertiary alicyclic amines) is 2. The number of likely N-dealkylation sites (N-methyl/N-ethyl adjacent to an activating group) is 1. The van der Waals surface area contributed by atoms with Crippen molar-refractivity contribution in [3.63, 3.8) is 0 Å². The molecule has 2 aliphatic heterocycles. The van der Waals surface area contributed by atoms with Crippen LogP contribution in [0.2, 0.25) is 0 Å². The number of ether oxygens (including phenoxy) is 2. The van der Waals surface area contributed by atoms with Gasteiger partial charge in [0.25, 0.3) is 0 Å². The molecule has 2 heterocycles. The summed E-state index contributed by atoms with van der Waals surface area (Å²) in [4.78, 5) is 43.9. The van der Waals surface area contributed by atoms with Crippen molar-refractivity contribution < 1.29 is 28.2 Å². The van der Waals surface area contributed by atoms with Gasteiger partial charge in [0.2, 0.25) is 11.8 Å². The highest BCUT2D eigenvalue weighted by molar-refractivity contribution is 5.90. The second kappa shape index (κ2) is 13.3. The van der Waals surface area contributed by atoms with Crippen LogP contribution in [-0.2, 0) is 25.7 Å². The molecule has 5 atom stereocenters. The summed E-state index contributed by atoms with van der Waals surface area (Å²) in [5.41, 5.74) is 0.350. The first-order valence-corrected chi connectivity index (χ1v) is 14.6. The van der Waals surface area contributed by atoms with E-state index in [1.807, 2.05) is 51.1 Å². The van der Waals surface area contributed by atoms with E-state index in [0.29, 0.717) is 26.1 Å². The van der Waals surface area contributed by atoms with Gasteiger partial charge in [0, 0.05) is 6.54 Å². The van der Waals surface area contributed by atoms with E-state index in [9.17, 15) is 18.8 Å². The van der Waals surface area contributed by atoms with Crippen LogP contribution in [-0.4, -0.2) is 90.4 Å². The number of hydrogen-bond donors (Lipinski definition) is 2. The van der Waals surface area contributed by atoms with Gasteiger partial charge in [-0.25, -0.2) is 9.18 Å². The van der Waals surface area contributed by atoms with Crippen molar-refractivity contribution in [2.75, 3.05) is 26.8 Å². The van der Waals surface area contributed by atoms with Gasteiger partial charge in [0.15, 0.2) is 0 Å². The zero-order valence-corrected chi connectivity index (χ0v) is 24.2. The van der Waals surface area contributed by atoms with Gasteiger partial charge in [-0.2, -0.15) is 0 Å². The molecule has 3 fully saturated rings. The molecule has 1 aliphatic carbocycles. The molecule has 5 unspecified atom stereocenters. The molecular weight excluding hydrogens is 515 g/mol. The number of benzene rings is 1. The number of hydrogen-bond acceptors (Lipinski definition) is 6. The van der Waals surface area contributed by atoms with E-state index in [-0.39, 0.29) is 23.9 Å². The van der Waals surface area contributed by atoms with Crippen LogP contribution in [0.4, 0.5) is 9.18 Å². The van der Waals surface area contributed by atoms with Crippen molar-refractivity contribution in [2.24, 2.45) is 5.92 Å². The summed E-state index contributed by atoms with van der Waals surface area (Å²) in [7, 11) is 1.53. The van der Waals surface area contributed by atoms with Crippen molar-refractivity contribution in [3.05, 3.63) is 35.9 Å². The summed E-state index contributed by atoms with van der Waals surface area (Å²) >= 11 is 0. The third kappa shape index (κ3) is 7.13. The molecule has 9 nitrogen and oxygen atoms in total. The van der Waals surface area contributed by atoms with Crippen molar-refractivity contribution >= 4 is 17.9 Å². The van der Waals surface area contributed by atoms with Gasteiger partial charge in [0.1, 0.15) is 24.4 Å². The van der Waals surface area contributed by atoms with E-state index >= 15 is 0 Å². The molecule has 3 amide bonds. The fourth-order valence-electron chi connectivity index (χ4n) is 6.30. The molecule has 40 heavy (non-hydrogen) atoms. The Morgan fingerprint density at radius 2 is 1.75 bits per heavy atom. The van der Waals surface area contributed by atoms with E-state index in [0.717, 1.165) is 37.7 Å². The van der Waals surface area contributed by atoms with Crippen LogP contribution < -0.4 is 10.6 Å². The lowest BCUT2D eigenvalue weighted by Crippen LogP contribution is -2.58. The monoisotopic (exact) mass is 560 g/mol. The van der Waals surface area contributed by atoms with Crippen LogP contribution in [0.15, 0.2) is 30.3 Å². The molecule has 0 radical (unpaired) electrons. The Kier molecular flexibility index (Phi) is 10.1. The van der Waals surface area contributed by atoms with E-state index in [4.69, 9.17) is 9.47 Å². The molecule has 2 saturated heterocycles. The number of nitrogens with one attached hydrogen (secondary N) is 2. The van der Waals surface area contributed by atoms with Crippen LogP contribution in [0.25, 0.3) is 0 Å². The van der Waals surface area contributed by atoms with Crippen molar-refractivity contribution in [3.8, 4) is 0 Å². The van der Waals surface area contributed by atoms with Crippen LogP contribution in [0.5, 0.6) is 0 Å². The number of rotatable bonds is 9. The largest absolute Gasteiger partial charge is 0.444 e. The topological polar surface area (TPSA) is 100 Å². The predicted octanol–water partition coefficient (Wildman–Crippen LogP) is 3.41. The summed E-state index contributed by atoms with van der Waals surface area (Å²) in [5, 5.41) is 5.60. The Morgan fingerprint density at radius 3 is 2.38 bits per heavy atom. The van der Waals surface area contributed by atoms with Crippen LogP contribution >= 0.6 is 0 Å². The number of fused-ring (bicyclic) bond motifs is 1. The SMILES string of the molecule is CNC(CF)C(=O)NC(C(=O)N1CCC2C1C(OCc1ccccc1)CN2C(=O)OC(C)(C)C)C1CCCCC1. The normalized spacial score (nSPS) is 24.9. The molecule has 0 spiro atoms. The lowest BCUT2D eigenvalue weighted by Gasteiger charge is -2.36. The Morgan fingerprint density at radius 1 is 1.05 bits per heavy atom. The maximum Gasteiger partial charge on any atom is 0.410 e. The minimum Gasteiger partial charge on any atom is -0.444 e. The summed E-state index contributed by atoms with van der Waals surface area (Å²) in [6.07, 6.45) is 4.50. The lowest BCUT2D eigenvalue weighted by atomic mass is 9.83. The Balaban J connectivity index is 1.58. The highest BCUT2D eigenvalue weighted by Gasteiger charge is 2.54. The van der Waals surface area contributed by atoms with Gasteiger partial charge in [-0.3, -0.25) is 9.59 Å². The first kappa shape index (κ1) is 30.2. The van der Waals surface area contributed by atoms with Gasteiger partial charge in [-0.05, 0) is 58.6 Å². The molecule has 3 aliphatic rings. The number of halogens is 1. The first-order valence-electron chi connectivity index (χ1n) is 14.6. The van der Waals surface area contributed by atoms with Gasteiger partial charge in [0.05, 0.1) is 31.3 Å². The molecule has 0 bridgehead atoms. The van der Waals surface area contributed by atoms with Gasteiger partial charge in [-0.1, -0.05) is 49.6 Å². The third-order valence-electron chi connectivity index (χ3n) is 8.30. The van der Waals surface area contributed by atoms with Crippen molar-refractivity contribution in [1.82, 2.24) is 20.4 Å². The van der Waals surface area contributed by atoms with Crippen LogP contribution in [0.1, 0.15) is 64.9 Å². The minimum atomic E-state index is -1.01. The van der Waals surface area contributed by atoms with E-state index < -0.39 is 42.5 Å². The zero-order valence-electron chi connectivity index (χ0n) is 24.2. The first-order chi connectivity index (χ1) is 19.1. The maximum atomic E-state index is 14.3. The average molecular weight is 561 g/mol. The minimum absolute atomic E-state index is 0.0200. The highest BCUT2D eigenvalue weighted by Crippen LogP contribution is 2.37. The predicted molar refractivity (Wildman–Crippen MR) is 149 cm³/mol. The Labute approximate surface area is 237 Å². The second-order valence-electron chi connectivity index (χ2n) is 12.2. The number of amides is 3. The molecule has 4 rings (SSSR count). The highest BCUT2D eigenvalue weighted by atomic mass is 19.1. The maximum absolute atomic E-state index is 14.3. The molecule has 10 heteroatoms. The molecule has 1 aromatic rings. The van der Waals surface area contributed by atoms with Gasteiger partial charge >= 0.3 is 6.09 Å². The standard InChI is InChI=1S/C30H45FN4O5/c1-30(2,3)40-29(38)35-18-24(39-19-20-11-7-5-8-12-20)26-23(35)15-16-34(26)28(37)25(21-13-9-6-10-14-21)33-27(36)22(17-31)32-4/h5,7-8,11-12,21-26,32H,6,9-10,13-19H2,1-4H3,(H,33,36). The van der Waals surface area contributed by atoms with Gasteiger partial charge < -0.3 is 29.9 Å². The van der Waals surface area contributed by atoms with E-state index in [2.05, 4.69) is 10.6 Å². The number of alkyl halides is 1. The number of carbonyl (C=O) groups is 3. The third-order valence-corrected chi connectivity index (χ3v) is 8.30. The molecular formula is C30H45FN4O5. The Hall–Kier alpha value is -2.72. The molecule has 1 saturated carbocycles. The summed E-state index contributed by atoms with van der Waals surface area (Å²) in [5.74, 6) is -0.711. The number of carbonyl (C=O) groups excluding carboxylic acids is 3. The van der Waals surface area contributed by atoms with E-state index in [1.165, 1.54) is 7.05 Å². The molecule has 1 aromatic carbocycles.